The molecule has 0 saturated carbocycles. The lowest BCUT2D eigenvalue weighted by Crippen LogP contribution is -2.34. The van der Waals surface area contributed by atoms with E-state index in [1.807, 2.05) is 0 Å². The van der Waals surface area contributed by atoms with Gasteiger partial charge in [0.2, 0.25) is 0 Å². The fourth-order valence-electron chi connectivity index (χ4n) is 0.903. The monoisotopic (exact) mass is 115 g/mol. The van der Waals surface area contributed by atoms with E-state index in [1.54, 1.807) is 0 Å². The molecular formula is C6H13NO. The van der Waals surface area contributed by atoms with Gasteiger partial charge in [-0.15, -0.1) is 0 Å². The van der Waals surface area contributed by atoms with Crippen LogP contribution >= 0.6 is 0 Å². The number of rotatable bonds is 0. The number of hydrogen-bond donors (Lipinski definition) is 1. The van der Waals surface area contributed by atoms with Crippen molar-refractivity contribution in [2.75, 3.05) is 6.61 Å². The number of ether oxygens (including phenoxy) is 1. The van der Waals surface area contributed by atoms with E-state index in [9.17, 15) is 0 Å². The second-order valence-electron chi connectivity index (χ2n) is 2.48. The summed E-state index contributed by atoms with van der Waals surface area (Å²) in [7, 11) is 0. The van der Waals surface area contributed by atoms with Crippen LogP contribution < -0.4 is 5.73 Å². The highest BCUT2D eigenvalue weighted by Crippen LogP contribution is 2.10. The number of hydrogen-bond acceptors (Lipinski definition) is 2. The van der Waals surface area contributed by atoms with E-state index in [0.717, 1.165) is 19.4 Å². The second kappa shape index (κ2) is 2.46. The molecule has 1 saturated heterocycles. The Morgan fingerprint density at radius 2 is 2.25 bits per heavy atom. The molecule has 1 fully saturated rings. The van der Waals surface area contributed by atoms with E-state index in [2.05, 4.69) is 6.92 Å². The van der Waals surface area contributed by atoms with Crippen LogP contribution in [0.1, 0.15) is 19.8 Å². The van der Waals surface area contributed by atoms with Gasteiger partial charge in [-0.1, -0.05) is 0 Å². The summed E-state index contributed by atoms with van der Waals surface area (Å²) < 4.78 is 5.27. The van der Waals surface area contributed by atoms with Crippen molar-refractivity contribution in [2.45, 2.75) is 31.9 Å². The van der Waals surface area contributed by atoms with Crippen LogP contribution in [0, 0.1) is 0 Å². The van der Waals surface area contributed by atoms with E-state index >= 15 is 0 Å². The molecule has 2 atom stereocenters. The predicted molar refractivity (Wildman–Crippen MR) is 32.6 cm³/mol. The smallest absolute Gasteiger partial charge is 0.0621 e. The Bertz CT molecular complexity index is 56.9. The average molecular weight is 115 g/mol. The van der Waals surface area contributed by atoms with Gasteiger partial charge in [-0.05, 0) is 19.8 Å². The molecule has 48 valence electrons. The topological polar surface area (TPSA) is 35.2 Å². The maximum absolute atomic E-state index is 5.57. The molecule has 2 nitrogen and oxygen atoms in total. The van der Waals surface area contributed by atoms with Crippen molar-refractivity contribution in [1.82, 2.24) is 0 Å². The Hall–Kier alpha value is -0.0800. The van der Waals surface area contributed by atoms with Crippen molar-refractivity contribution in [3.05, 3.63) is 0 Å². The van der Waals surface area contributed by atoms with Crippen molar-refractivity contribution in [3.8, 4) is 0 Å². The summed E-state index contributed by atoms with van der Waals surface area (Å²) in [6.45, 7) is 2.84. The van der Waals surface area contributed by atoms with Crippen molar-refractivity contribution >= 4 is 0 Å². The Kier molecular flexibility index (Phi) is 1.86. The molecule has 0 amide bonds. The summed E-state index contributed by atoms with van der Waals surface area (Å²) in [5, 5.41) is 0. The van der Waals surface area contributed by atoms with Gasteiger partial charge in [0.25, 0.3) is 0 Å². The molecule has 2 heteroatoms. The van der Waals surface area contributed by atoms with Gasteiger partial charge in [0.05, 0.1) is 12.7 Å². The van der Waals surface area contributed by atoms with Crippen LogP contribution in [0.5, 0.6) is 0 Å². The third-order valence-corrected chi connectivity index (χ3v) is 1.54. The van der Waals surface area contributed by atoms with Gasteiger partial charge in [-0.25, -0.2) is 0 Å². The molecule has 2 N–H and O–H groups in total. The summed E-state index contributed by atoms with van der Waals surface area (Å²) >= 11 is 0. The van der Waals surface area contributed by atoms with Gasteiger partial charge in [0.1, 0.15) is 0 Å². The van der Waals surface area contributed by atoms with E-state index < -0.39 is 0 Å². The van der Waals surface area contributed by atoms with Crippen LogP contribution in [0.2, 0.25) is 0 Å². The first kappa shape index (κ1) is 6.05. The quantitative estimate of drug-likeness (QED) is 0.499. The minimum Gasteiger partial charge on any atom is -0.377 e. The SMILES string of the molecule is C[C@H]1CC[C@@H](N)CO1. The Balaban J connectivity index is 2.19. The summed E-state index contributed by atoms with van der Waals surface area (Å²) in [6, 6.07) is 0.297. The fraction of sp³-hybridized carbons (Fsp3) is 1.00. The first-order chi connectivity index (χ1) is 3.79. The minimum absolute atomic E-state index is 0.297. The van der Waals surface area contributed by atoms with Crippen molar-refractivity contribution < 1.29 is 4.74 Å². The second-order valence-corrected chi connectivity index (χ2v) is 2.48. The van der Waals surface area contributed by atoms with Crippen LogP contribution in [0.4, 0.5) is 0 Å². The third kappa shape index (κ3) is 1.46. The van der Waals surface area contributed by atoms with Gasteiger partial charge in [0, 0.05) is 6.04 Å². The summed E-state index contributed by atoms with van der Waals surface area (Å²) in [6.07, 6.45) is 2.69. The molecule has 1 aliphatic rings. The molecule has 0 bridgehead atoms. The van der Waals surface area contributed by atoms with Gasteiger partial charge in [0.15, 0.2) is 0 Å². The largest absolute Gasteiger partial charge is 0.377 e. The molecule has 0 radical (unpaired) electrons. The number of nitrogens with two attached hydrogens (primary N) is 1. The highest BCUT2D eigenvalue weighted by Gasteiger charge is 2.13. The maximum atomic E-state index is 5.57. The van der Waals surface area contributed by atoms with Crippen LogP contribution in [0.3, 0.4) is 0 Å². The molecule has 0 aromatic carbocycles. The van der Waals surface area contributed by atoms with Crippen LogP contribution in [-0.2, 0) is 4.74 Å². The Morgan fingerprint density at radius 1 is 1.50 bits per heavy atom. The third-order valence-electron chi connectivity index (χ3n) is 1.54. The van der Waals surface area contributed by atoms with E-state index in [4.69, 9.17) is 10.5 Å². The van der Waals surface area contributed by atoms with E-state index in [1.165, 1.54) is 0 Å². The maximum Gasteiger partial charge on any atom is 0.0621 e. The summed E-state index contributed by atoms with van der Waals surface area (Å²) in [4.78, 5) is 0. The zero-order valence-electron chi connectivity index (χ0n) is 5.26. The molecule has 1 rings (SSSR count). The Morgan fingerprint density at radius 3 is 2.62 bits per heavy atom. The molecule has 1 heterocycles. The van der Waals surface area contributed by atoms with Gasteiger partial charge >= 0.3 is 0 Å². The fourth-order valence-corrected chi connectivity index (χ4v) is 0.903. The molecule has 0 aromatic rings. The highest BCUT2D eigenvalue weighted by molar-refractivity contribution is 4.68. The molecular weight excluding hydrogens is 102 g/mol. The predicted octanol–water partition coefficient (Wildman–Crippen LogP) is 0.513. The lowest BCUT2D eigenvalue weighted by atomic mass is 10.1. The normalized spacial score (nSPS) is 39.8. The minimum atomic E-state index is 0.297. The first-order valence-corrected chi connectivity index (χ1v) is 3.16. The standard InChI is InChI=1S/C6H13NO/c1-5-2-3-6(7)4-8-5/h5-6H,2-4,7H2,1H3/t5-,6+/m0/s1. The zero-order chi connectivity index (χ0) is 5.98. The Labute approximate surface area is 50.0 Å². The molecule has 8 heavy (non-hydrogen) atoms. The average Bonchev–Trinajstić information content (AvgIpc) is 1.77. The van der Waals surface area contributed by atoms with Crippen molar-refractivity contribution in [2.24, 2.45) is 5.73 Å². The first-order valence-electron chi connectivity index (χ1n) is 3.16. The van der Waals surface area contributed by atoms with Crippen LogP contribution in [0.25, 0.3) is 0 Å². The lowest BCUT2D eigenvalue weighted by Gasteiger charge is -2.23. The van der Waals surface area contributed by atoms with Crippen molar-refractivity contribution in [3.63, 3.8) is 0 Å². The van der Waals surface area contributed by atoms with Gasteiger partial charge in [-0.2, -0.15) is 0 Å². The highest BCUT2D eigenvalue weighted by atomic mass is 16.5. The van der Waals surface area contributed by atoms with E-state index in [-0.39, 0.29) is 0 Å². The van der Waals surface area contributed by atoms with Crippen LogP contribution in [-0.4, -0.2) is 18.8 Å². The van der Waals surface area contributed by atoms with Gasteiger partial charge < -0.3 is 10.5 Å². The van der Waals surface area contributed by atoms with Crippen LogP contribution in [0.15, 0.2) is 0 Å². The molecule has 0 aromatic heterocycles. The summed E-state index contributed by atoms with van der Waals surface area (Å²) in [5.41, 5.74) is 5.57. The summed E-state index contributed by atoms with van der Waals surface area (Å²) in [5.74, 6) is 0. The molecule has 0 unspecified atom stereocenters. The van der Waals surface area contributed by atoms with E-state index in [0.29, 0.717) is 12.1 Å². The molecule has 0 aliphatic carbocycles. The molecule has 1 aliphatic heterocycles. The van der Waals surface area contributed by atoms with Gasteiger partial charge in [-0.3, -0.25) is 0 Å². The lowest BCUT2D eigenvalue weighted by molar-refractivity contribution is 0.0172. The molecule has 0 spiro atoms. The van der Waals surface area contributed by atoms with Crippen molar-refractivity contribution in [1.29, 1.82) is 0 Å². The zero-order valence-corrected chi connectivity index (χ0v) is 5.26.